The van der Waals surface area contributed by atoms with Gasteiger partial charge in [0.05, 0.1) is 33.5 Å². The molecular weight excluding hydrogens is 410 g/mol. The van der Waals surface area contributed by atoms with E-state index in [1.165, 1.54) is 5.56 Å². The third-order valence-corrected chi connectivity index (χ3v) is 6.58. The quantitative estimate of drug-likeness (QED) is 0.658. The monoisotopic (exact) mass is 433 g/mol. The van der Waals surface area contributed by atoms with Crippen molar-refractivity contribution in [2.75, 3.05) is 42.9 Å². The summed E-state index contributed by atoms with van der Waals surface area (Å²) in [6.07, 6.45) is 1.84. The van der Waals surface area contributed by atoms with Crippen molar-refractivity contribution in [2.45, 2.75) is 19.4 Å². The standard InChI is InChI=1S/C24H24ClN5O/c25-20-12-16(14-26)4-6-22(20)30-10-8-29(9-11-30)15-17-3-5-18-21(13-17)28-24(31)19-2-1-7-27-23(18)19/h3-6,12-13,27H,1-2,7-11,15H2,(H,28,31). The lowest BCUT2D eigenvalue weighted by atomic mass is 10.0. The third-order valence-electron chi connectivity index (χ3n) is 6.28. The lowest BCUT2D eigenvalue weighted by molar-refractivity contribution is 0.250. The highest BCUT2D eigenvalue weighted by Crippen LogP contribution is 2.29. The molecule has 1 aromatic heterocycles. The average molecular weight is 434 g/mol. The Bertz CT molecular complexity index is 1240. The summed E-state index contributed by atoms with van der Waals surface area (Å²) in [6, 6.07) is 14.0. The molecule has 0 unspecified atom stereocenters. The number of aromatic nitrogens is 1. The summed E-state index contributed by atoms with van der Waals surface area (Å²) < 4.78 is 0. The van der Waals surface area contributed by atoms with Gasteiger partial charge in [-0.15, -0.1) is 0 Å². The van der Waals surface area contributed by atoms with Gasteiger partial charge in [0.25, 0.3) is 5.56 Å². The third kappa shape index (κ3) is 3.87. The maximum atomic E-state index is 12.5. The first-order chi connectivity index (χ1) is 15.1. The molecule has 3 aromatic rings. The van der Waals surface area contributed by atoms with E-state index in [4.69, 9.17) is 16.9 Å². The van der Waals surface area contributed by atoms with Crippen molar-refractivity contribution in [2.24, 2.45) is 0 Å². The Morgan fingerprint density at radius 3 is 2.71 bits per heavy atom. The van der Waals surface area contributed by atoms with Crippen LogP contribution in [0.2, 0.25) is 5.02 Å². The van der Waals surface area contributed by atoms with Crippen molar-refractivity contribution in [3.63, 3.8) is 0 Å². The number of hydrogen-bond acceptors (Lipinski definition) is 5. The lowest BCUT2D eigenvalue weighted by Gasteiger charge is -2.36. The van der Waals surface area contributed by atoms with Crippen LogP contribution in [0.3, 0.4) is 0 Å². The minimum Gasteiger partial charge on any atom is -0.384 e. The van der Waals surface area contributed by atoms with Gasteiger partial charge in [-0.2, -0.15) is 5.26 Å². The molecule has 2 aliphatic rings. The predicted molar refractivity (Wildman–Crippen MR) is 125 cm³/mol. The predicted octanol–water partition coefficient (Wildman–Crippen LogP) is 3.73. The van der Waals surface area contributed by atoms with Gasteiger partial charge in [0.2, 0.25) is 0 Å². The Morgan fingerprint density at radius 1 is 1.10 bits per heavy atom. The van der Waals surface area contributed by atoms with Crippen LogP contribution in [0.15, 0.2) is 41.2 Å². The van der Waals surface area contributed by atoms with E-state index in [1.807, 2.05) is 12.1 Å². The molecule has 0 radical (unpaired) electrons. The van der Waals surface area contributed by atoms with Crippen LogP contribution < -0.4 is 15.8 Å². The first-order valence-corrected chi connectivity index (χ1v) is 11.1. The van der Waals surface area contributed by atoms with Crippen LogP contribution in [0, 0.1) is 11.3 Å². The van der Waals surface area contributed by atoms with Crippen molar-refractivity contribution in [1.82, 2.24) is 9.88 Å². The number of nitriles is 1. The summed E-state index contributed by atoms with van der Waals surface area (Å²) in [6.45, 7) is 5.38. The highest BCUT2D eigenvalue weighted by atomic mass is 35.5. The fraction of sp³-hybridized carbons (Fsp3) is 0.333. The number of fused-ring (bicyclic) bond motifs is 3. The molecule has 7 heteroatoms. The topological polar surface area (TPSA) is 75.2 Å². The van der Waals surface area contributed by atoms with Gasteiger partial charge in [0.15, 0.2) is 0 Å². The number of benzene rings is 2. The second-order valence-electron chi connectivity index (χ2n) is 8.26. The second kappa shape index (κ2) is 8.26. The number of pyridine rings is 1. The maximum Gasteiger partial charge on any atom is 0.253 e. The average Bonchev–Trinajstić information content (AvgIpc) is 2.80. The first-order valence-electron chi connectivity index (χ1n) is 10.7. The van der Waals surface area contributed by atoms with E-state index in [0.29, 0.717) is 10.6 Å². The van der Waals surface area contributed by atoms with E-state index < -0.39 is 0 Å². The van der Waals surface area contributed by atoms with Gasteiger partial charge in [-0.05, 0) is 42.7 Å². The molecule has 0 aliphatic carbocycles. The van der Waals surface area contributed by atoms with E-state index in [2.05, 4.69) is 44.4 Å². The summed E-state index contributed by atoms with van der Waals surface area (Å²) in [7, 11) is 0. The number of nitrogens with zero attached hydrogens (tertiary/aromatic N) is 3. The lowest BCUT2D eigenvalue weighted by Crippen LogP contribution is -2.46. The molecule has 31 heavy (non-hydrogen) atoms. The number of nitrogens with one attached hydrogen (secondary N) is 2. The van der Waals surface area contributed by atoms with Crippen molar-refractivity contribution in [1.29, 1.82) is 5.26 Å². The molecule has 2 N–H and O–H groups in total. The Morgan fingerprint density at radius 2 is 1.94 bits per heavy atom. The number of hydrogen-bond donors (Lipinski definition) is 2. The van der Waals surface area contributed by atoms with Gasteiger partial charge >= 0.3 is 0 Å². The molecule has 0 saturated carbocycles. The summed E-state index contributed by atoms with van der Waals surface area (Å²) in [4.78, 5) is 20.3. The second-order valence-corrected chi connectivity index (χ2v) is 8.67. The van der Waals surface area contributed by atoms with Gasteiger partial charge < -0.3 is 15.2 Å². The van der Waals surface area contributed by atoms with E-state index in [9.17, 15) is 4.79 Å². The normalized spacial score (nSPS) is 16.6. The zero-order valence-corrected chi connectivity index (χ0v) is 18.0. The van der Waals surface area contributed by atoms with E-state index in [-0.39, 0.29) is 5.56 Å². The SMILES string of the molecule is N#Cc1ccc(N2CCN(Cc3ccc4c5c(c(=O)[nH]c4c3)CCCN5)CC2)c(Cl)c1. The molecule has 158 valence electrons. The molecule has 3 heterocycles. The summed E-state index contributed by atoms with van der Waals surface area (Å²) in [5.74, 6) is 0. The number of rotatable bonds is 3. The number of H-pyrrole nitrogens is 1. The Labute approximate surface area is 186 Å². The van der Waals surface area contributed by atoms with E-state index >= 15 is 0 Å². The van der Waals surface area contributed by atoms with Crippen LogP contribution in [-0.4, -0.2) is 42.6 Å². The van der Waals surface area contributed by atoms with Crippen molar-refractivity contribution in [3.05, 3.63) is 68.5 Å². The Balaban J connectivity index is 1.29. The van der Waals surface area contributed by atoms with Crippen LogP contribution in [0.5, 0.6) is 0 Å². The van der Waals surface area contributed by atoms with Crippen molar-refractivity contribution < 1.29 is 0 Å². The Hall–Kier alpha value is -3.01. The number of anilines is 2. The fourth-order valence-electron chi connectivity index (χ4n) is 4.64. The minimum absolute atomic E-state index is 0.0276. The zero-order valence-electron chi connectivity index (χ0n) is 17.2. The Kier molecular flexibility index (Phi) is 5.31. The fourth-order valence-corrected chi connectivity index (χ4v) is 4.94. The highest BCUT2D eigenvalue weighted by molar-refractivity contribution is 6.33. The van der Waals surface area contributed by atoms with Crippen LogP contribution in [0.25, 0.3) is 10.9 Å². The van der Waals surface area contributed by atoms with Crippen LogP contribution in [0.4, 0.5) is 11.4 Å². The molecule has 2 aromatic carbocycles. The smallest absolute Gasteiger partial charge is 0.253 e. The maximum absolute atomic E-state index is 12.5. The molecule has 0 bridgehead atoms. The molecule has 0 spiro atoms. The largest absolute Gasteiger partial charge is 0.384 e. The van der Waals surface area contributed by atoms with E-state index in [0.717, 1.165) is 80.0 Å². The molecule has 1 fully saturated rings. The molecule has 0 amide bonds. The van der Waals surface area contributed by atoms with Crippen molar-refractivity contribution in [3.8, 4) is 6.07 Å². The zero-order chi connectivity index (χ0) is 21.4. The number of piperazine rings is 1. The molecule has 5 rings (SSSR count). The van der Waals surface area contributed by atoms with Gasteiger partial charge in [-0.25, -0.2) is 0 Å². The molecule has 1 saturated heterocycles. The van der Waals surface area contributed by atoms with Gasteiger partial charge in [0.1, 0.15) is 0 Å². The molecule has 2 aliphatic heterocycles. The van der Waals surface area contributed by atoms with Gasteiger partial charge in [-0.3, -0.25) is 9.69 Å². The van der Waals surface area contributed by atoms with Gasteiger partial charge in [-0.1, -0.05) is 23.7 Å². The summed E-state index contributed by atoms with van der Waals surface area (Å²) >= 11 is 6.39. The number of aromatic amines is 1. The minimum atomic E-state index is 0.0276. The first kappa shape index (κ1) is 19.9. The van der Waals surface area contributed by atoms with Gasteiger partial charge in [0, 0.05) is 50.2 Å². The van der Waals surface area contributed by atoms with Crippen LogP contribution >= 0.6 is 11.6 Å². The van der Waals surface area contributed by atoms with Crippen LogP contribution in [-0.2, 0) is 13.0 Å². The number of halogens is 1. The highest BCUT2D eigenvalue weighted by Gasteiger charge is 2.20. The summed E-state index contributed by atoms with van der Waals surface area (Å²) in [5.41, 5.74) is 5.58. The van der Waals surface area contributed by atoms with Crippen molar-refractivity contribution >= 4 is 33.9 Å². The molecule has 0 atom stereocenters. The van der Waals surface area contributed by atoms with E-state index in [1.54, 1.807) is 6.07 Å². The summed E-state index contributed by atoms with van der Waals surface area (Å²) in [5, 5.41) is 14.2. The molecule has 6 nitrogen and oxygen atoms in total. The molecular formula is C24H24ClN5O. The van der Waals surface area contributed by atoms with Crippen LogP contribution in [0.1, 0.15) is 23.1 Å².